The summed E-state index contributed by atoms with van der Waals surface area (Å²) >= 11 is 0. The second-order valence-corrected chi connectivity index (χ2v) is 6.37. The average molecular weight is 349 g/mol. The molecule has 0 saturated carbocycles. The molecule has 7 nitrogen and oxygen atoms in total. The molecule has 0 aliphatic carbocycles. The minimum atomic E-state index is -0.567. The third kappa shape index (κ3) is 4.85. The van der Waals surface area contributed by atoms with Crippen LogP contribution in [-0.2, 0) is 4.79 Å². The minimum Gasteiger partial charge on any atom is -0.497 e. The molecule has 1 aromatic rings. The van der Waals surface area contributed by atoms with Gasteiger partial charge in [0.05, 0.1) is 14.2 Å². The highest BCUT2D eigenvalue weighted by molar-refractivity contribution is 5.98. The summed E-state index contributed by atoms with van der Waals surface area (Å²) < 4.78 is 10.4. The maximum Gasteiger partial charge on any atom is 0.252 e. The van der Waals surface area contributed by atoms with Gasteiger partial charge in [0.2, 0.25) is 5.91 Å². The summed E-state index contributed by atoms with van der Waals surface area (Å²) in [5, 5.41) is 6.09. The Bertz CT molecular complexity index is 590. The van der Waals surface area contributed by atoms with Crippen LogP contribution >= 0.6 is 0 Å². The van der Waals surface area contributed by atoms with Gasteiger partial charge < -0.3 is 25.0 Å². The quantitative estimate of drug-likeness (QED) is 0.797. The standard InChI is InChI=1S/C18H27N3O4/c1-12(2)16(18(23)21-7-5-19-6-8-21)20-17(22)13-9-14(24-3)11-15(10-13)25-4/h9-12,16,19H,5-8H2,1-4H3,(H,20,22). The van der Waals surface area contributed by atoms with Crippen molar-refractivity contribution in [2.45, 2.75) is 19.9 Å². The number of hydrogen-bond donors (Lipinski definition) is 2. The third-order valence-electron chi connectivity index (χ3n) is 4.26. The van der Waals surface area contributed by atoms with E-state index in [4.69, 9.17) is 9.47 Å². The van der Waals surface area contributed by atoms with Crippen molar-refractivity contribution in [3.63, 3.8) is 0 Å². The number of methoxy groups -OCH3 is 2. The second kappa shape index (κ2) is 8.71. The first-order valence-corrected chi connectivity index (χ1v) is 8.49. The Morgan fingerprint density at radius 2 is 1.64 bits per heavy atom. The zero-order valence-corrected chi connectivity index (χ0v) is 15.3. The number of nitrogens with one attached hydrogen (secondary N) is 2. The monoisotopic (exact) mass is 349 g/mol. The van der Waals surface area contributed by atoms with Crippen LogP contribution in [0.1, 0.15) is 24.2 Å². The molecule has 1 unspecified atom stereocenters. The molecule has 1 aromatic carbocycles. The number of carbonyl (C=O) groups excluding carboxylic acids is 2. The van der Waals surface area contributed by atoms with Gasteiger partial charge in [0.1, 0.15) is 17.5 Å². The highest BCUT2D eigenvalue weighted by Crippen LogP contribution is 2.22. The van der Waals surface area contributed by atoms with E-state index in [1.165, 1.54) is 14.2 Å². The van der Waals surface area contributed by atoms with Crippen LogP contribution in [0.2, 0.25) is 0 Å². The number of piperazine rings is 1. The van der Waals surface area contributed by atoms with E-state index >= 15 is 0 Å². The number of ether oxygens (including phenoxy) is 2. The van der Waals surface area contributed by atoms with Crippen LogP contribution in [-0.4, -0.2) is 63.2 Å². The summed E-state index contributed by atoms with van der Waals surface area (Å²) in [5.74, 6) is 0.677. The summed E-state index contributed by atoms with van der Waals surface area (Å²) in [6, 6.07) is 4.39. The van der Waals surface area contributed by atoms with E-state index < -0.39 is 6.04 Å². The normalized spacial score (nSPS) is 15.6. The van der Waals surface area contributed by atoms with E-state index in [1.807, 2.05) is 13.8 Å². The lowest BCUT2D eigenvalue weighted by atomic mass is 10.0. The third-order valence-corrected chi connectivity index (χ3v) is 4.26. The smallest absolute Gasteiger partial charge is 0.252 e. The molecule has 138 valence electrons. The summed E-state index contributed by atoms with van der Waals surface area (Å²) in [7, 11) is 3.06. The van der Waals surface area contributed by atoms with Crippen LogP contribution in [0.4, 0.5) is 0 Å². The molecular formula is C18H27N3O4. The molecule has 2 rings (SSSR count). The molecule has 1 heterocycles. The average Bonchev–Trinajstić information content (AvgIpc) is 2.65. The zero-order chi connectivity index (χ0) is 18.4. The molecule has 0 aromatic heterocycles. The van der Waals surface area contributed by atoms with E-state index in [0.29, 0.717) is 30.2 Å². The Morgan fingerprint density at radius 3 is 2.12 bits per heavy atom. The van der Waals surface area contributed by atoms with Gasteiger partial charge in [-0.2, -0.15) is 0 Å². The lowest BCUT2D eigenvalue weighted by molar-refractivity contribution is -0.134. The molecule has 0 spiro atoms. The van der Waals surface area contributed by atoms with E-state index in [2.05, 4.69) is 10.6 Å². The Balaban J connectivity index is 2.16. The first-order valence-electron chi connectivity index (χ1n) is 8.49. The van der Waals surface area contributed by atoms with Crippen molar-refractivity contribution in [2.24, 2.45) is 5.92 Å². The Kier molecular flexibility index (Phi) is 6.64. The van der Waals surface area contributed by atoms with Crippen molar-refractivity contribution in [2.75, 3.05) is 40.4 Å². The lowest BCUT2D eigenvalue weighted by Gasteiger charge is -2.32. The van der Waals surface area contributed by atoms with Crippen molar-refractivity contribution in [3.05, 3.63) is 23.8 Å². The van der Waals surface area contributed by atoms with Crippen molar-refractivity contribution in [1.29, 1.82) is 0 Å². The molecule has 1 atom stereocenters. The van der Waals surface area contributed by atoms with Gasteiger partial charge >= 0.3 is 0 Å². The fourth-order valence-electron chi connectivity index (χ4n) is 2.76. The lowest BCUT2D eigenvalue weighted by Crippen LogP contribution is -2.55. The number of benzene rings is 1. The van der Waals surface area contributed by atoms with E-state index in [9.17, 15) is 9.59 Å². The molecular weight excluding hydrogens is 322 g/mol. The Hall–Kier alpha value is -2.28. The molecule has 1 saturated heterocycles. The largest absolute Gasteiger partial charge is 0.497 e. The van der Waals surface area contributed by atoms with Crippen LogP contribution in [0.25, 0.3) is 0 Å². The van der Waals surface area contributed by atoms with Gasteiger partial charge in [0, 0.05) is 37.8 Å². The minimum absolute atomic E-state index is 0.0150. The highest BCUT2D eigenvalue weighted by atomic mass is 16.5. The molecule has 1 aliphatic rings. The van der Waals surface area contributed by atoms with Gasteiger partial charge in [0.25, 0.3) is 5.91 Å². The fraction of sp³-hybridized carbons (Fsp3) is 0.556. The number of rotatable bonds is 6. The number of carbonyl (C=O) groups is 2. The maximum absolute atomic E-state index is 12.8. The number of hydrogen-bond acceptors (Lipinski definition) is 5. The Morgan fingerprint density at radius 1 is 1.08 bits per heavy atom. The Labute approximate surface area is 148 Å². The van der Waals surface area contributed by atoms with Gasteiger partial charge in [-0.25, -0.2) is 0 Å². The van der Waals surface area contributed by atoms with E-state index in [0.717, 1.165) is 13.1 Å². The first-order chi connectivity index (χ1) is 12.0. The highest BCUT2D eigenvalue weighted by Gasteiger charge is 2.29. The van der Waals surface area contributed by atoms with Crippen molar-refractivity contribution in [3.8, 4) is 11.5 Å². The number of nitrogens with zero attached hydrogens (tertiary/aromatic N) is 1. The van der Waals surface area contributed by atoms with Crippen molar-refractivity contribution < 1.29 is 19.1 Å². The summed E-state index contributed by atoms with van der Waals surface area (Å²) in [6.07, 6.45) is 0. The van der Waals surface area contributed by atoms with E-state index in [-0.39, 0.29) is 17.7 Å². The van der Waals surface area contributed by atoms with Gasteiger partial charge in [-0.05, 0) is 18.1 Å². The van der Waals surface area contributed by atoms with Gasteiger partial charge in [-0.15, -0.1) is 0 Å². The van der Waals surface area contributed by atoms with Crippen LogP contribution < -0.4 is 20.1 Å². The van der Waals surface area contributed by atoms with Crippen LogP contribution in [0, 0.1) is 5.92 Å². The predicted molar refractivity (Wildman–Crippen MR) is 95.1 cm³/mol. The maximum atomic E-state index is 12.8. The molecule has 2 N–H and O–H groups in total. The molecule has 0 bridgehead atoms. The summed E-state index contributed by atoms with van der Waals surface area (Å²) in [5.41, 5.74) is 0.398. The van der Waals surface area contributed by atoms with Crippen molar-refractivity contribution >= 4 is 11.8 Å². The topological polar surface area (TPSA) is 79.9 Å². The molecule has 1 fully saturated rings. The van der Waals surface area contributed by atoms with Crippen molar-refractivity contribution in [1.82, 2.24) is 15.5 Å². The van der Waals surface area contributed by atoms with Crippen LogP contribution in [0.15, 0.2) is 18.2 Å². The second-order valence-electron chi connectivity index (χ2n) is 6.37. The molecule has 7 heteroatoms. The molecule has 0 radical (unpaired) electrons. The summed E-state index contributed by atoms with van der Waals surface area (Å²) in [6.45, 7) is 6.72. The SMILES string of the molecule is COc1cc(OC)cc(C(=O)NC(C(=O)N2CCNCC2)C(C)C)c1. The first kappa shape index (κ1) is 19.1. The van der Waals surface area contributed by atoms with Gasteiger partial charge in [-0.1, -0.05) is 13.8 Å². The summed E-state index contributed by atoms with van der Waals surface area (Å²) in [4.78, 5) is 27.3. The van der Waals surface area contributed by atoms with E-state index in [1.54, 1.807) is 23.1 Å². The predicted octanol–water partition coefficient (Wildman–Crippen LogP) is 0.890. The van der Waals surface area contributed by atoms with Gasteiger partial charge in [-0.3, -0.25) is 9.59 Å². The molecule has 2 amide bonds. The zero-order valence-electron chi connectivity index (χ0n) is 15.3. The van der Waals surface area contributed by atoms with Crippen LogP contribution in [0.5, 0.6) is 11.5 Å². The fourth-order valence-corrected chi connectivity index (χ4v) is 2.76. The molecule has 1 aliphatic heterocycles. The van der Waals surface area contributed by atoms with Crippen LogP contribution in [0.3, 0.4) is 0 Å². The molecule has 25 heavy (non-hydrogen) atoms. The number of amides is 2. The van der Waals surface area contributed by atoms with Gasteiger partial charge in [0.15, 0.2) is 0 Å².